The lowest BCUT2D eigenvalue weighted by atomic mass is 9.92. The second-order valence-corrected chi connectivity index (χ2v) is 8.47. The van der Waals surface area contributed by atoms with Crippen molar-refractivity contribution in [2.75, 3.05) is 19.6 Å². The van der Waals surface area contributed by atoms with E-state index in [0.29, 0.717) is 31.3 Å². The van der Waals surface area contributed by atoms with Crippen LogP contribution in [0.4, 0.5) is 4.79 Å². The van der Waals surface area contributed by atoms with E-state index in [9.17, 15) is 14.4 Å². The molecule has 1 aliphatic carbocycles. The number of hydrogen-bond donors (Lipinski definition) is 1. The number of carbonyl (C=O) groups excluding carboxylic acids is 3. The summed E-state index contributed by atoms with van der Waals surface area (Å²) >= 11 is 0. The third kappa shape index (κ3) is 3.57. The minimum absolute atomic E-state index is 0.177. The highest BCUT2D eigenvalue weighted by atomic mass is 16.2. The predicted octanol–water partition coefficient (Wildman–Crippen LogP) is 2.52. The molecule has 1 atom stereocenters. The Morgan fingerprint density at radius 2 is 1.78 bits per heavy atom. The number of imide groups is 1. The minimum Gasteiger partial charge on any atom is -0.341 e. The van der Waals surface area contributed by atoms with E-state index >= 15 is 0 Å². The van der Waals surface area contributed by atoms with E-state index in [4.69, 9.17) is 0 Å². The van der Waals surface area contributed by atoms with Gasteiger partial charge in [0.05, 0.1) is 0 Å². The van der Waals surface area contributed by atoms with Crippen molar-refractivity contribution in [2.24, 2.45) is 11.8 Å². The Morgan fingerprint density at radius 3 is 2.41 bits per heavy atom. The maximum absolute atomic E-state index is 13.2. The lowest BCUT2D eigenvalue weighted by Crippen LogP contribution is -2.46. The molecule has 1 spiro atoms. The average Bonchev–Trinajstić information content (AvgIpc) is 3.07. The molecule has 0 aromatic heterocycles. The van der Waals surface area contributed by atoms with Crippen LogP contribution in [-0.2, 0) is 21.5 Å². The summed E-state index contributed by atoms with van der Waals surface area (Å²) in [5.41, 5.74) is 0.939. The number of urea groups is 1. The van der Waals surface area contributed by atoms with Gasteiger partial charge in [-0.05, 0) is 35.8 Å². The summed E-state index contributed by atoms with van der Waals surface area (Å²) in [6, 6.07) is 7.24. The average molecular weight is 371 g/mol. The first-order chi connectivity index (χ1) is 12.7. The van der Waals surface area contributed by atoms with Crippen molar-refractivity contribution in [1.29, 1.82) is 0 Å². The van der Waals surface area contributed by atoms with Crippen LogP contribution in [0.3, 0.4) is 0 Å². The monoisotopic (exact) mass is 371 g/mol. The topological polar surface area (TPSA) is 69.7 Å². The fraction of sp³-hybridized carbons (Fsp3) is 0.571. The molecule has 6 nitrogen and oxygen atoms in total. The lowest BCUT2D eigenvalue weighted by molar-refractivity contribution is -0.139. The normalized spacial score (nSPS) is 21.3. The van der Waals surface area contributed by atoms with Gasteiger partial charge in [0.2, 0.25) is 5.91 Å². The molecule has 1 fully saturated rings. The van der Waals surface area contributed by atoms with Crippen molar-refractivity contribution in [1.82, 2.24) is 15.1 Å². The third-order valence-corrected chi connectivity index (χ3v) is 5.24. The highest BCUT2D eigenvalue weighted by molar-refractivity contribution is 6.09. The zero-order chi connectivity index (χ0) is 19.8. The van der Waals surface area contributed by atoms with Crippen LogP contribution in [0.15, 0.2) is 24.3 Å². The zero-order valence-electron chi connectivity index (χ0n) is 16.6. The first kappa shape index (κ1) is 19.4. The number of benzene rings is 1. The van der Waals surface area contributed by atoms with Gasteiger partial charge in [-0.2, -0.15) is 0 Å². The van der Waals surface area contributed by atoms with Crippen LogP contribution < -0.4 is 5.32 Å². The number of hydrogen-bond acceptors (Lipinski definition) is 3. The Hall–Kier alpha value is -2.37. The largest absolute Gasteiger partial charge is 0.341 e. The molecule has 1 heterocycles. The summed E-state index contributed by atoms with van der Waals surface area (Å²) in [6.07, 6.45) is 1.29. The van der Waals surface area contributed by atoms with Gasteiger partial charge in [-0.1, -0.05) is 52.0 Å². The van der Waals surface area contributed by atoms with E-state index in [0.717, 1.165) is 22.4 Å². The number of rotatable bonds is 6. The Labute approximate surface area is 160 Å². The number of amides is 4. The lowest BCUT2D eigenvalue weighted by Gasteiger charge is -2.28. The van der Waals surface area contributed by atoms with Gasteiger partial charge in [0.1, 0.15) is 12.1 Å². The van der Waals surface area contributed by atoms with Gasteiger partial charge in [0, 0.05) is 13.1 Å². The van der Waals surface area contributed by atoms with Gasteiger partial charge in [0.25, 0.3) is 5.91 Å². The van der Waals surface area contributed by atoms with Gasteiger partial charge >= 0.3 is 6.03 Å². The SMILES string of the molecule is CC(C)CN(CC(C)C)C(=O)CN1C(=O)N[C@@]2(CCc3ccccc32)C1=O. The molecule has 146 valence electrons. The van der Waals surface area contributed by atoms with Crippen LogP contribution in [-0.4, -0.2) is 47.3 Å². The van der Waals surface area contributed by atoms with Gasteiger partial charge in [-0.25, -0.2) is 4.79 Å². The van der Waals surface area contributed by atoms with Crippen LogP contribution in [0.1, 0.15) is 45.2 Å². The van der Waals surface area contributed by atoms with Gasteiger partial charge in [-0.3, -0.25) is 14.5 Å². The molecule has 0 saturated carbocycles. The molecule has 1 N–H and O–H groups in total. The molecule has 0 unspecified atom stereocenters. The number of fused-ring (bicyclic) bond motifs is 2. The molecule has 1 aromatic rings. The Balaban J connectivity index is 1.79. The van der Waals surface area contributed by atoms with Crippen LogP contribution in [0.25, 0.3) is 0 Å². The molecule has 4 amide bonds. The summed E-state index contributed by atoms with van der Waals surface area (Å²) in [7, 11) is 0. The van der Waals surface area contributed by atoms with E-state index in [-0.39, 0.29) is 18.4 Å². The smallest absolute Gasteiger partial charge is 0.325 e. The maximum Gasteiger partial charge on any atom is 0.325 e. The summed E-state index contributed by atoms with van der Waals surface area (Å²) in [6.45, 7) is 9.26. The molecule has 1 aromatic carbocycles. The molecule has 3 rings (SSSR count). The van der Waals surface area contributed by atoms with E-state index in [1.54, 1.807) is 4.90 Å². The maximum atomic E-state index is 13.2. The Kier molecular flexibility index (Phi) is 5.27. The number of nitrogens with one attached hydrogen (secondary N) is 1. The van der Waals surface area contributed by atoms with Crippen molar-refractivity contribution in [2.45, 2.75) is 46.1 Å². The van der Waals surface area contributed by atoms with E-state index in [1.165, 1.54) is 0 Å². The Morgan fingerprint density at radius 1 is 1.15 bits per heavy atom. The molecule has 1 saturated heterocycles. The number of nitrogens with zero attached hydrogens (tertiary/aromatic N) is 2. The highest BCUT2D eigenvalue weighted by Gasteiger charge is 2.55. The van der Waals surface area contributed by atoms with Crippen molar-refractivity contribution in [3.63, 3.8) is 0 Å². The van der Waals surface area contributed by atoms with E-state index < -0.39 is 11.6 Å². The van der Waals surface area contributed by atoms with Gasteiger partial charge in [0.15, 0.2) is 0 Å². The summed E-state index contributed by atoms with van der Waals surface area (Å²) in [4.78, 5) is 41.5. The molecule has 6 heteroatoms. The third-order valence-electron chi connectivity index (χ3n) is 5.24. The van der Waals surface area contributed by atoms with Crippen molar-refractivity contribution in [3.8, 4) is 0 Å². The van der Waals surface area contributed by atoms with Gasteiger partial charge in [-0.15, -0.1) is 0 Å². The number of carbonyl (C=O) groups is 3. The summed E-state index contributed by atoms with van der Waals surface area (Å²) in [5, 5.41) is 2.88. The predicted molar refractivity (Wildman–Crippen MR) is 103 cm³/mol. The fourth-order valence-electron chi connectivity index (χ4n) is 4.13. The second kappa shape index (κ2) is 7.33. The van der Waals surface area contributed by atoms with Crippen molar-refractivity contribution in [3.05, 3.63) is 35.4 Å². The summed E-state index contributed by atoms with van der Waals surface area (Å²) in [5.74, 6) is 0.164. The minimum atomic E-state index is -1.01. The van der Waals surface area contributed by atoms with E-state index in [1.807, 2.05) is 24.3 Å². The van der Waals surface area contributed by atoms with Crippen LogP contribution in [0.5, 0.6) is 0 Å². The van der Waals surface area contributed by atoms with Crippen LogP contribution >= 0.6 is 0 Å². The summed E-state index contributed by atoms with van der Waals surface area (Å²) < 4.78 is 0. The molecule has 2 aliphatic rings. The molecule has 0 radical (unpaired) electrons. The van der Waals surface area contributed by atoms with Crippen molar-refractivity contribution >= 4 is 17.8 Å². The first-order valence-corrected chi connectivity index (χ1v) is 9.75. The highest BCUT2D eigenvalue weighted by Crippen LogP contribution is 2.41. The Bertz CT molecular complexity index is 749. The second-order valence-electron chi connectivity index (χ2n) is 8.47. The van der Waals surface area contributed by atoms with Crippen LogP contribution in [0, 0.1) is 11.8 Å². The number of aryl methyl sites for hydroxylation is 1. The molecular weight excluding hydrogens is 342 g/mol. The molecule has 1 aliphatic heterocycles. The quantitative estimate of drug-likeness (QED) is 0.781. The zero-order valence-corrected chi connectivity index (χ0v) is 16.6. The standard InChI is InChI=1S/C21H29N3O3/c1-14(2)11-23(12-15(3)4)18(25)13-24-19(26)21(22-20(24)27)10-9-16-7-5-6-8-17(16)21/h5-8,14-15H,9-13H2,1-4H3,(H,22,27)/t21-/m1/s1. The van der Waals surface area contributed by atoms with Crippen LogP contribution in [0.2, 0.25) is 0 Å². The molecule has 27 heavy (non-hydrogen) atoms. The van der Waals surface area contributed by atoms with E-state index in [2.05, 4.69) is 33.0 Å². The molecular formula is C21H29N3O3. The molecule has 0 bridgehead atoms. The van der Waals surface area contributed by atoms with Crippen molar-refractivity contribution < 1.29 is 14.4 Å². The first-order valence-electron chi connectivity index (χ1n) is 9.75. The fourth-order valence-corrected chi connectivity index (χ4v) is 4.13. The van der Waals surface area contributed by atoms with Gasteiger partial charge < -0.3 is 10.2 Å².